The van der Waals surface area contributed by atoms with Crippen LogP contribution >= 0.6 is 0 Å². The average molecular weight is 954 g/mol. The molecule has 8 N–H and O–H groups in total. The van der Waals surface area contributed by atoms with E-state index in [9.17, 15) is 40.5 Å². The molecule has 0 unspecified atom stereocenters. The van der Waals surface area contributed by atoms with Crippen molar-refractivity contribution in [2.45, 2.75) is 216 Å². The van der Waals surface area contributed by atoms with Gasteiger partial charge in [0.15, 0.2) is 24.7 Å². The Hall–Kier alpha value is -1.43. The number of aliphatic hydroxyl groups excluding tert-OH is 7. The van der Waals surface area contributed by atoms with Crippen LogP contribution in [0.5, 0.6) is 0 Å². The van der Waals surface area contributed by atoms with Crippen LogP contribution in [0.25, 0.3) is 0 Å². The summed E-state index contributed by atoms with van der Waals surface area (Å²) in [5.41, 5.74) is 1.51. The molecule has 5 saturated heterocycles. The second-order valence-corrected chi connectivity index (χ2v) is 22.4. The van der Waals surface area contributed by atoms with E-state index in [1.165, 1.54) is 19.4 Å². The predicted octanol–water partition coefficient (Wildman–Crippen LogP) is 1.40. The normalized spacial score (nSPS) is 54.1. The lowest BCUT2D eigenvalue weighted by Crippen LogP contribution is -2.66. The third kappa shape index (κ3) is 9.00. The van der Waals surface area contributed by atoms with Crippen LogP contribution in [-0.2, 0) is 47.4 Å². The topological polar surface area (TPSA) is 254 Å². The Balaban J connectivity index is 0.895. The van der Waals surface area contributed by atoms with E-state index in [1.54, 1.807) is 6.92 Å². The van der Waals surface area contributed by atoms with E-state index in [1.807, 2.05) is 0 Å². The van der Waals surface area contributed by atoms with Crippen molar-refractivity contribution in [3.8, 4) is 0 Å². The Morgan fingerprint density at radius 1 is 0.776 bits per heavy atom. The van der Waals surface area contributed by atoms with Gasteiger partial charge in [-0.15, -0.1) is 0 Å². The Morgan fingerprint density at radius 2 is 1.49 bits per heavy atom. The minimum atomic E-state index is -1.72. The average Bonchev–Trinajstić information content (AvgIpc) is 3.74. The van der Waals surface area contributed by atoms with E-state index < -0.39 is 105 Å². The van der Waals surface area contributed by atoms with Crippen LogP contribution in [-0.4, -0.2) is 178 Å². The summed E-state index contributed by atoms with van der Waals surface area (Å²) >= 11 is 0. The Bertz CT molecular complexity index is 1770. The van der Waals surface area contributed by atoms with Crippen LogP contribution in [0.2, 0.25) is 0 Å². The molecule has 1 amide bonds. The molecule has 0 aromatic rings. The Morgan fingerprint density at radius 3 is 2.19 bits per heavy atom. The predicted molar refractivity (Wildman–Crippen MR) is 235 cm³/mol. The smallest absolute Gasteiger partial charge is 0.216 e. The number of carbonyl (C=O) groups excluding carboxylic acids is 1. The summed E-state index contributed by atoms with van der Waals surface area (Å²) in [4.78, 5) is 11.3. The second-order valence-electron chi connectivity index (χ2n) is 22.4. The van der Waals surface area contributed by atoms with E-state index >= 15 is 0 Å². The third-order valence-electron chi connectivity index (χ3n) is 18.4. The maximum Gasteiger partial charge on any atom is 0.216 e. The molecule has 5 aliphatic heterocycles. The van der Waals surface area contributed by atoms with Crippen LogP contribution in [0.4, 0.5) is 0 Å². The molecule has 18 nitrogen and oxygen atoms in total. The van der Waals surface area contributed by atoms with Gasteiger partial charge in [0.2, 0.25) is 5.91 Å². The number of ether oxygens (including phenoxy) is 9. The lowest BCUT2D eigenvalue weighted by molar-refractivity contribution is -0.389. The number of amides is 1. The first-order valence-corrected chi connectivity index (χ1v) is 25.3. The first-order chi connectivity index (χ1) is 31.8. The van der Waals surface area contributed by atoms with Gasteiger partial charge in [0.1, 0.15) is 61.0 Å². The lowest BCUT2D eigenvalue weighted by atomic mass is 9.47. The zero-order valence-corrected chi connectivity index (χ0v) is 40.3. The molecule has 0 radical (unpaired) electrons. The molecule has 8 fully saturated rings. The zero-order valence-electron chi connectivity index (χ0n) is 40.3. The Kier molecular flexibility index (Phi) is 14.7. The van der Waals surface area contributed by atoms with Crippen LogP contribution in [0, 0.1) is 46.3 Å². The van der Waals surface area contributed by atoms with Crippen molar-refractivity contribution in [2.24, 2.45) is 46.3 Å². The molecule has 26 atom stereocenters. The molecule has 0 aromatic heterocycles. The van der Waals surface area contributed by atoms with Gasteiger partial charge in [-0.1, -0.05) is 39.3 Å². The van der Waals surface area contributed by atoms with Gasteiger partial charge in [-0.3, -0.25) is 4.79 Å². The second kappa shape index (κ2) is 19.5. The lowest BCUT2D eigenvalue weighted by Gasteiger charge is -2.58. The molecular formula is C49H79NO17. The largest absolute Gasteiger partial charge is 0.394 e. The molecule has 4 aliphatic carbocycles. The van der Waals surface area contributed by atoms with Crippen LogP contribution in [0.3, 0.4) is 0 Å². The van der Waals surface area contributed by atoms with Gasteiger partial charge in [-0.2, -0.15) is 0 Å². The van der Waals surface area contributed by atoms with E-state index in [0.29, 0.717) is 48.3 Å². The van der Waals surface area contributed by atoms with Crippen LogP contribution in [0.15, 0.2) is 11.6 Å². The number of rotatable bonds is 11. The van der Waals surface area contributed by atoms with Crippen molar-refractivity contribution >= 4 is 5.91 Å². The highest BCUT2D eigenvalue weighted by Crippen LogP contribution is 2.70. The molecule has 9 aliphatic rings. The maximum atomic E-state index is 12.2. The summed E-state index contributed by atoms with van der Waals surface area (Å²) in [5.74, 6) is 2.34. The van der Waals surface area contributed by atoms with Crippen LogP contribution < -0.4 is 5.32 Å². The summed E-state index contributed by atoms with van der Waals surface area (Å²) in [6, 6.07) is 0. The van der Waals surface area contributed by atoms with E-state index in [0.717, 1.165) is 51.6 Å². The third-order valence-corrected chi connectivity index (χ3v) is 18.4. The number of hydrogen-bond acceptors (Lipinski definition) is 17. The van der Waals surface area contributed by atoms with Crippen molar-refractivity contribution < 1.29 is 83.2 Å². The molecule has 1 spiro atoms. The summed E-state index contributed by atoms with van der Waals surface area (Å²) in [7, 11) is 0. The standard InChI is InChI=1S/C49H79NO17/c1-22-10-15-49(60-21-22)23(2)34-32(67-49)19-31-29-9-8-27-18-28(11-13-47(27,6)30(29)12-14-48(31,34)7)63-46-43(66-44-38(56)36(54)35(53)24(3)61-44)40(58)42(33(20-51)64-46)65-45-39(57)37(55)41(25(4)62-45)59-17-16-50-26(5)52/h8,22-25,28-46,51,53-58H,9-21H2,1-7H3,(H,50,52)/t22-,23+,24-,25-,28+,29-,30+,31+,32+,33-,34+,35-,36+,37-,38+,39+,40+,41-,42-,43-,44-,45-,46-,47+,48+,49-/m1/s1. The fourth-order valence-electron chi connectivity index (χ4n) is 14.6. The minimum absolute atomic E-state index is 0.0291. The number of allylic oxidation sites excluding steroid dienone is 1. The summed E-state index contributed by atoms with van der Waals surface area (Å²) in [6.45, 7) is 14.4. The van der Waals surface area contributed by atoms with Gasteiger partial charge in [0, 0.05) is 25.8 Å². The molecule has 67 heavy (non-hydrogen) atoms. The Labute approximate surface area is 394 Å². The summed E-state index contributed by atoms with van der Waals surface area (Å²) < 4.78 is 56.6. The first-order valence-electron chi connectivity index (χ1n) is 25.3. The fraction of sp³-hybridized carbons (Fsp3) is 0.939. The molecule has 0 bridgehead atoms. The molecule has 3 saturated carbocycles. The van der Waals surface area contributed by atoms with Gasteiger partial charge in [0.25, 0.3) is 0 Å². The first kappa shape index (κ1) is 50.5. The quantitative estimate of drug-likeness (QED) is 0.108. The number of nitrogens with one attached hydrogen (secondary N) is 1. The summed E-state index contributed by atoms with van der Waals surface area (Å²) in [6.07, 6.45) is -9.87. The molecule has 5 heterocycles. The van der Waals surface area contributed by atoms with E-state index in [-0.39, 0.29) is 42.1 Å². The molecule has 9 rings (SSSR count). The van der Waals surface area contributed by atoms with E-state index in [2.05, 4.69) is 39.1 Å². The maximum absolute atomic E-state index is 12.2. The fourth-order valence-corrected chi connectivity index (χ4v) is 14.6. The molecule has 18 heteroatoms. The number of carbonyl (C=O) groups is 1. The summed E-state index contributed by atoms with van der Waals surface area (Å²) in [5, 5.41) is 79.9. The van der Waals surface area contributed by atoms with Gasteiger partial charge in [-0.05, 0) is 106 Å². The van der Waals surface area contributed by atoms with E-state index in [4.69, 9.17) is 42.6 Å². The zero-order chi connectivity index (χ0) is 47.9. The molecular weight excluding hydrogens is 875 g/mol. The molecule has 0 aromatic carbocycles. The highest BCUT2D eigenvalue weighted by Gasteiger charge is 2.69. The van der Waals surface area contributed by atoms with Gasteiger partial charge in [0.05, 0.1) is 44.2 Å². The number of hydrogen-bond donors (Lipinski definition) is 8. The van der Waals surface area contributed by atoms with Crippen molar-refractivity contribution in [3.05, 3.63) is 11.6 Å². The monoisotopic (exact) mass is 954 g/mol. The van der Waals surface area contributed by atoms with Crippen molar-refractivity contribution in [1.29, 1.82) is 0 Å². The minimum Gasteiger partial charge on any atom is -0.394 e. The van der Waals surface area contributed by atoms with Crippen molar-refractivity contribution in [2.75, 3.05) is 26.4 Å². The van der Waals surface area contributed by atoms with Gasteiger partial charge >= 0.3 is 0 Å². The highest BCUT2D eigenvalue weighted by molar-refractivity contribution is 5.72. The highest BCUT2D eigenvalue weighted by atomic mass is 16.8. The molecule has 382 valence electrons. The SMILES string of the molecule is CC(=O)NCCO[C@H]1[C@H](O)[C@H](O)[C@@H](O[C@H]2[C@H](O)[C@@H](O[C@H]3O[C@H](C)[C@@H](O)[C@H](O)[C@@H]3O)[C@H](O[C@H]3CC[C@@]4(C)C(=CC[C@H]5[C@@H]6C[C@@H]7O[C@]8(CC[C@@H](C)CO8)[C@@H](C)[C@@H]7[C@@]6(C)CC[C@@H]54)C3)O[C@@H]2CO)O[C@@H]1C. The van der Waals surface area contributed by atoms with Gasteiger partial charge < -0.3 is 83.7 Å². The van der Waals surface area contributed by atoms with Crippen molar-refractivity contribution in [3.63, 3.8) is 0 Å². The number of aliphatic hydroxyl groups is 7. The van der Waals surface area contributed by atoms with Crippen LogP contribution in [0.1, 0.15) is 106 Å². The van der Waals surface area contributed by atoms with Crippen molar-refractivity contribution in [1.82, 2.24) is 5.32 Å². The van der Waals surface area contributed by atoms with Gasteiger partial charge in [-0.25, -0.2) is 0 Å². The number of fused-ring (bicyclic) bond motifs is 7.